The minimum Gasteiger partial charge on any atom is -0.507 e. The van der Waals surface area contributed by atoms with Crippen molar-refractivity contribution in [3.05, 3.63) is 65.5 Å². The number of nitrogens with one attached hydrogen (secondary N) is 3. The number of ether oxygens (including phenoxy) is 2. The van der Waals surface area contributed by atoms with Crippen molar-refractivity contribution in [1.29, 1.82) is 5.41 Å². The highest BCUT2D eigenvalue weighted by Crippen LogP contribution is 2.42. The molecule has 3 aromatic rings. The Hall–Kier alpha value is -5.35. The number of hydrogen-bond acceptors (Lipinski definition) is 8. The van der Waals surface area contributed by atoms with E-state index >= 15 is 0 Å². The van der Waals surface area contributed by atoms with Crippen LogP contribution in [0, 0.1) is 5.41 Å². The monoisotopic (exact) mass is 585 g/mol. The predicted octanol–water partition coefficient (Wildman–Crippen LogP) is 3.44. The van der Waals surface area contributed by atoms with E-state index in [1.165, 1.54) is 36.5 Å². The van der Waals surface area contributed by atoms with Gasteiger partial charge in [0.2, 0.25) is 0 Å². The highest BCUT2D eigenvalue weighted by molar-refractivity contribution is 6.01. The van der Waals surface area contributed by atoms with Gasteiger partial charge in [0, 0.05) is 30.1 Å². The number of carbonyl (C=O) groups excluding carboxylic acids is 3. The summed E-state index contributed by atoms with van der Waals surface area (Å²) < 4.78 is 86.5. The maximum atomic E-state index is 13.0. The standard InChI is InChI=1S/C24H17F6N5O6/c25-23(26,27)21(38)40-16-13(19-33-8-9-34-19)4-5-14(17(16)41-22(39)24(28,29)30)20(37)35-7-1-2-11-10-12(18(31)32)3-6-15(11)36/h1-6,8-10,36H,7H2,(H3,31,32)(H,33,34)(H,35,37)/b2-1+. The van der Waals surface area contributed by atoms with E-state index in [2.05, 4.69) is 24.8 Å². The van der Waals surface area contributed by atoms with E-state index in [-0.39, 0.29) is 35.1 Å². The van der Waals surface area contributed by atoms with E-state index in [4.69, 9.17) is 11.1 Å². The number of amides is 1. The number of nitrogen functional groups attached to an aromatic ring is 1. The summed E-state index contributed by atoms with van der Waals surface area (Å²) in [6, 6.07) is 5.68. The number of aromatic hydroxyl groups is 1. The number of rotatable bonds is 8. The number of esters is 2. The Balaban J connectivity index is 2.01. The topological polar surface area (TPSA) is 180 Å². The van der Waals surface area contributed by atoms with Crippen molar-refractivity contribution in [3.63, 3.8) is 0 Å². The number of aromatic amines is 1. The molecule has 0 aliphatic carbocycles. The number of H-pyrrole nitrogens is 1. The van der Waals surface area contributed by atoms with Crippen LogP contribution in [0.25, 0.3) is 17.5 Å². The molecule has 17 heteroatoms. The molecule has 0 fully saturated rings. The van der Waals surface area contributed by atoms with Crippen molar-refractivity contribution in [1.82, 2.24) is 15.3 Å². The number of aromatic nitrogens is 2. The zero-order valence-electron chi connectivity index (χ0n) is 20.2. The van der Waals surface area contributed by atoms with Crippen LogP contribution in [0.1, 0.15) is 21.5 Å². The van der Waals surface area contributed by atoms with Gasteiger partial charge in [-0.15, -0.1) is 0 Å². The zero-order chi connectivity index (χ0) is 30.5. The lowest BCUT2D eigenvalue weighted by molar-refractivity contribution is -0.191. The second kappa shape index (κ2) is 11.8. The molecule has 6 N–H and O–H groups in total. The molecule has 0 aliphatic heterocycles. The van der Waals surface area contributed by atoms with Crippen LogP contribution in [0.3, 0.4) is 0 Å². The smallest absolute Gasteiger partial charge is 0.491 e. The second-order valence-electron chi connectivity index (χ2n) is 7.83. The molecule has 1 heterocycles. The van der Waals surface area contributed by atoms with Gasteiger partial charge in [-0.25, -0.2) is 14.6 Å². The van der Waals surface area contributed by atoms with E-state index < -0.39 is 52.8 Å². The SMILES string of the molecule is N=C(N)c1ccc(O)c(/C=C/CNC(=O)c2ccc(-c3ncc[nH]3)c(OC(=O)C(F)(F)F)c2OC(=O)C(F)(F)F)c1. The summed E-state index contributed by atoms with van der Waals surface area (Å²) in [6.45, 7) is -0.368. The summed E-state index contributed by atoms with van der Waals surface area (Å²) in [5, 5.41) is 19.6. The van der Waals surface area contributed by atoms with Gasteiger partial charge < -0.3 is 30.6 Å². The molecule has 0 saturated heterocycles. The summed E-state index contributed by atoms with van der Waals surface area (Å²) in [5.74, 6) is -10.7. The minimum absolute atomic E-state index is 0.177. The normalized spacial score (nSPS) is 11.8. The maximum Gasteiger partial charge on any atom is 0.491 e. The molecular formula is C24H17F6N5O6. The average Bonchev–Trinajstić information content (AvgIpc) is 3.41. The molecule has 0 atom stereocenters. The van der Waals surface area contributed by atoms with E-state index in [1.807, 2.05) is 0 Å². The van der Waals surface area contributed by atoms with Crippen LogP contribution in [0.2, 0.25) is 0 Å². The van der Waals surface area contributed by atoms with Gasteiger partial charge >= 0.3 is 24.3 Å². The Kier molecular flexibility index (Phi) is 8.69. The molecule has 0 bridgehead atoms. The zero-order valence-corrected chi connectivity index (χ0v) is 20.2. The average molecular weight is 585 g/mol. The molecule has 0 spiro atoms. The van der Waals surface area contributed by atoms with Crippen molar-refractivity contribution in [2.75, 3.05) is 6.54 Å². The van der Waals surface area contributed by atoms with Gasteiger partial charge in [0.15, 0.2) is 11.5 Å². The molecule has 216 valence electrons. The molecule has 41 heavy (non-hydrogen) atoms. The van der Waals surface area contributed by atoms with Crippen LogP contribution in [-0.4, -0.2) is 57.7 Å². The molecule has 0 radical (unpaired) electrons. The van der Waals surface area contributed by atoms with Crippen molar-refractivity contribution < 1.29 is 55.3 Å². The lowest BCUT2D eigenvalue weighted by Crippen LogP contribution is -2.32. The van der Waals surface area contributed by atoms with Crippen LogP contribution < -0.4 is 20.5 Å². The van der Waals surface area contributed by atoms with Crippen LogP contribution in [0.4, 0.5) is 26.3 Å². The fourth-order valence-electron chi connectivity index (χ4n) is 3.13. The number of imidazole rings is 1. The number of nitrogens with zero attached hydrogens (tertiary/aromatic N) is 1. The predicted molar refractivity (Wildman–Crippen MR) is 128 cm³/mol. The maximum absolute atomic E-state index is 13.0. The Morgan fingerprint density at radius 3 is 2.22 bits per heavy atom. The van der Waals surface area contributed by atoms with Crippen LogP contribution >= 0.6 is 0 Å². The van der Waals surface area contributed by atoms with Gasteiger partial charge in [0.05, 0.1) is 11.1 Å². The van der Waals surface area contributed by atoms with Gasteiger partial charge in [-0.1, -0.05) is 12.2 Å². The quantitative estimate of drug-likeness (QED) is 0.0877. The van der Waals surface area contributed by atoms with Gasteiger partial charge in [0.25, 0.3) is 5.91 Å². The fraction of sp³-hybridized carbons (Fsp3) is 0.125. The number of nitrogens with two attached hydrogens (primary N) is 1. The Labute approximate surface area is 225 Å². The highest BCUT2D eigenvalue weighted by Gasteiger charge is 2.45. The number of halogens is 6. The first-order valence-corrected chi connectivity index (χ1v) is 11.0. The third-order valence-corrected chi connectivity index (χ3v) is 4.98. The number of alkyl halides is 6. The molecule has 1 amide bonds. The van der Waals surface area contributed by atoms with E-state index in [0.717, 1.165) is 18.3 Å². The third-order valence-electron chi connectivity index (χ3n) is 4.98. The Morgan fingerprint density at radius 1 is 1.02 bits per heavy atom. The highest BCUT2D eigenvalue weighted by atomic mass is 19.4. The summed E-state index contributed by atoms with van der Waals surface area (Å²) in [7, 11) is 0. The first-order valence-electron chi connectivity index (χ1n) is 11.0. The van der Waals surface area contributed by atoms with Crippen molar-refractivity contribution in [2.24, 2.45) is 5.73 Å². The molecule has 0 unspecified atom stereocenters. The molecule has 11 nitrogen and oxygen atoms in total. The number of hydrogen-bond donors (Lipinski definition) is 5. The lowest BCUT2D eigenvalue weighted by Gasteiger charge is -2.18. The molecule has 1 aromatic heterocycles. The lowest BCUT2D eigenvalue weighted by atomic mass is 10.1. The second-order valence-corrected chi connectivity index (χ2v) is 7.83. The summed E-state index contributed by atoms with van der Waals surface area (Å²) in [6.07, 6.45) is -6.42. The minimum atomic E-state index is -5.65. The first kappa shape index (κ1) is 30.2. The largest absolute Gasteiger partial charge is 0.507 e. The van der Waals surface area contributed by atoms with Gasteiger partial charge in [-0.3, -0.25) is 10.2 Å². The molecular weight excluding hydrogens is 568 g/mol. The van der Waals surface area contributed by atoms with Crippen LogP contribution in [0.15, 0.2) is 48.8 Å². The van der Waals surface area contributed by atoms with Crippen molar-refractivity contribution in [3.8, 4) is 28.6 Å². The first-order chi connectivity index (χ1) is 19.1. The number of carbonyl (C=O) groups is 3. The van der Waals surface area contributed by atoms with Crippen molar-refractivity contribution >= 4 is 29.8 Å². The molecule has 0 saturated carbocycles. The number of benzene rings is 2. The van der Waals surface area contributed by atoms with Crippen LogP contribution in [0.5, 0.6) is 17.2 Å². The van der Waals surface area contributed by atoms with Gasteiger partial charge in [0.1, 0.15) is 17.4 Å². The molecule has 3 rings (SSSR count). The number of phenolic OH excluding ortho intramolecular Hbond substituents is 1. The van der Waals surface area contributed by atoms with E-state index in [9.17, 15) is 45.8 Å². The fourth-order valence-corrected chi connectivity index (χ4v) is 3.13. The van der Waals surface area contributed by atoms with E-state index in [0.29, 0.717) is 0 Å². The summed E-state index contributed by atoms with van der Waals surface area (Å²) in [4.78, 5) is 42.3. The Bertz CT molecular complexity index is 1520. The van der Waals surface area contributed by atoms with E-state index in [1.54, 1.807) is 0 Å². The van der Waals surface area contributed by atoms with Gasteiger partial charge in [-0.05, 0) is 30.3 Å². The van der Waals surface area contributed by atoms with Crippen LogP contribution in [-0.2, 0) is 9.59 Å². The summed E-state index contributed by atoms with van der Waals surface area (Å²) >= 11 is 0. The number of amidine groups is 1. The summed E-state index contributed by atoms with van der Waals surface area (Å²) in [5.41, 5.74) is 4.38. The number of phenols is 1. The Morgan fingerprint density at radius 2 is 1.66 bits per heavy atom. The molecule has 2 aromatic carbocycles. The van der Waals surface area contributed by atoms with Crippen molar-refractivity contribution in [2.45, 2.75) is 12.4 Å². The molecule has 0 aliphatic rings. The van der Waals surface area contributed by atoms with Gasteiger partial charge in [-0.2, -0.15) is 26.3 Å². The third kappa shape index (κ3) is 7.40.